The first-order valence-electron chi connectivity index (χ1n) is 5.34. The first-order valence-corrected chi connectivity index (χ1v) is 6.80. The predicted molar refractivity (Wildman–Crippen MR) is 77.4 cm³/mol. The van der Waals surface area contributed by atoms with Crippen LogP contribution in [0.5, 0.6) is 0 Å². The van der Waals surface area contributed by atoms with Crippen LogP contribution in [0.4, 0.5) is 0 Å². The molecule has 1 aromatic rings. The van der Waals surface area contributed by atoms with E-state index in [-0.39, 0.29) is 18.6 Å². The molecule has 0 aromatic heterocycles. The Kier molecular flexibility index (Phi) is 5.69. The van der Waals surface area contributed by atoms with E-state index in [2.05, 4.69) is 22.6 Å². The van der Waals surface area contributed by atoms with Crippen LogP contribution in [0.15, 0.2) is 18.2 Å². The minimum atomic E-state index is -0.104. The van der Waals surface area contributed by atoms with E-state index >= 15 is 0 Å². The summed E-state index contributed by atoms with van der Waals surface area (Å²) in [5, 5.41) is 9.53. The molecular formula is C12H15ClINO2. The van der Waals surface area contributed by atoms with Crippen LogP contribution >= 0.6 is 34.2 Å². The molecule has 17 heavy (non-hydrogen) atoms. The summed E-state index contributed by atoms with van der Waals surface area (Å²) in [5.41, 5.74) is 0.553. The van der Waals surface area contributed by atoms with Crippen LogP contribution in [-0.4, -0.2) is 35.1 Å². The van der Waals surface area contributed by atoms with Crippen molar-refractivity contribution in [3.05, 3.63) is 32.4 Å². The molecule has 0 radical (unpaired) electrons. The summed E-state index contributed by atoms with van der Waals surface area (Å²) in [6.07, 6.45) is 0. The number of hydrogen-bond acceptors (Lipinski definition) is 2. The number of rotatable bonds is 4. The normalized spacial score (nSPS) is 10.7. The van der Waals surface area contributed by atoms with Crippen molar-refractivity contribution >= 4 is 40.1 Å². The van der Waals surface area contributed by atoms with Crippen molar-refractivity contribution in [1.29, 1.82) is 0 Å². The van der Waals surface area contributed by atoms with Crippen LogP contribution in [0.3, 0.4) is 0 Å². The molecule has 0 aliphatic rings. The van der Waals surface area contributed by atoms with E-state index in [1.165, 1.54) is 0 Å². The summed E-state index contributed by atoms with van der Waals surface area (Å²) in [6, 6.07) is 5.28. The largest absolute Gasteiger partial charge is 0.395 e. The maximum absolute atomic E-state index is 12.2. The van der Waals surface area contributed by atoms with Crippen LogP contribution in [0.25, 0.3) is 0 Å². The fraction of sp³-hybridized carbons (Fsp3) is 0.417. The minimum absolute atomic E-state index is 0.0397. The number of aliphatic hydroxyl groups excluding tert-OH is 1. The molecule has 1 rings (SSSR count). The highest BCUT2D eigenvalue weighted by Crippen LogP contribution is 2.20. The van der Waals surface area contributed by atoms with E-state index in [0.29, 0.717) is 17.1 Å². The molecular weight excluding hydrogens is 352 g/mol. The molecule has 1 amide bonds. The second-order valence-electron chi connectivity index (χ2n) is 3.94. The molecule has 0 saturated carbocycles. The third kappa shape index (κ3) is 3.82. The molecule has 0 aliphatic carbocycles. The number of amides is 1. The van der Waals surface area contributed by atoms with Crippen LogP contribution in [0, 0.1) is 3.57 Å². The number of aliphatic hydroxyl groups is 1. The van der Waals surface area contributed by atoms with Crippen LogP contribution in [0.2, 0.25) is 5.02 Å². The topological polar surface area (TPSA) is 40.5 Å². The first kappa shape index (κ1) is 14.7. The van der Waals surface area contributed by atoms with Gasteiger partial charge in [0.2, 0.25) is 0 Å². The Hall–Kier alpha value is -0.330. The van der Waals surface area contributed by atoms with Gasteiger partial charge in [0.25, 0.3) is 5.91 Å². The SMILES string of the molecule is CC(C)N(CCO)C(=O)c1ccc(I)c(Cl)c1. The van der Waals surface area contributed by atoms with Crippen LogP contribution in [0.1, 0.15) is 24.2 Å². The molecule has 0 aliphatic heterocycles. The fourth-order valence-electron chi connectivity index (χ4n) is 1.50. The zero-order chi connectivity index (χ0) is 13.0. The lowest BCUT2D eigenvalue weighted by atomic mass is 10.1. The van der Waals surface area contributed by atoms with E-state index < -0.39 is 0 Å². The summed E-state index contributed by atoms with van der Waals surface area (Å²) in [4.78, 5) is 13.8. The third-order valence-electron chi connectivity index (χ3n) is 2.39. The molecule has 0 spiro atoms. The molecule has 0 unspecified atom stereocenters. The number of carbonyl (C=O) groups excluding carboxylic acids is 1. The molecule has 5 heteroatoms. The Labute approximate surface area is 120 Å². The Morgan fingerprint density at radius 3 is 2.65 bits per heavy atom. The Bertz CT molecular complexity index is 409. The van der Waals surface area contributed by atoms with Crippen LogP contribution < -0.4 is 0 Å². The summed E-state index contributed by atoms with van der Waals surface area (Å²) >= 11 is 8.11. The lowest BCUT2D eigenvalue weighted by Gasteiger charge is -2.26. The van der Waals surface area contributed by atoms with Crippen molar-refractivity contribution in [2.24, 2.45) is 0 Å². The second kappa shape index (κ2) is 6.56. The average molecular weight is 368 g/mol. The van der Waals surface area contributed by atoms with Gasteiger partial charge in [-0.3, -0.25) is 4.79 Å². The van der Waals surface area contributed by atoms with Gasteiger partial charge in [0, 0.05) is 21.7 Å². The van der Waals surface area contributed by atoms with Gasteiger partial charge in [-0.2, -0.15) is 0 Å². The maximum atomic E-state index is 12.2. The minimum Gasteiger partial charge on any atom is -0.395 e. The quantitative estimate of drug-likeness (QED) is 0.832. The summed E-state index contributed by atoms with van der Waals surface area (Å²) < 4.78 is 0.916. The van der Waals surface area contributed by atoms with Gasteiger partial charge in [-0.05, 0) is 54.6 Å². The smallest absolute Gasteiger partial charge is 0.254 e. The van der Waals surface area contributed by atoms with Gasteiger partial charge in [0.1, 0.15) is 0 Å². The molecule has 1 aromatic carbocycles. The summed E-state index contributed by atoms with van der Waals surface area (Å²) in [6.45, 7) is 4.13. The van der Waals surface area contributed by atoms with Gasteiger partial charge in [-0.15, -0.1) is 0 Å². The number of nitrogens with zero attached hydrogens (tertiary/aromatic N) is 1. The van der Waals surface area contributed by atoms with Crippen molar-refractivity contribution in [1.82, 2.24) is 4.90 Å². The Balaban J connectivity index is 2.97. The van der Waals surface area contributed by atoms with E-state index in [1.54, 1.807) is 17.0 Å². The van der Waals surface area contributed by atoms with Gasteiger partial charge >= 0.3 is 0 Å². The lowest BCUT2D eigenvalue weighted by Crippen LogP contribution is -2.39. The standard InChI is InChI=1S/C12H15ClINO2/c1-8(2)15(5-6-16)12(17)9-3-4-11(14)10(13)7-9/h3-4,7-8,16H,5-6H2,1-2H3. The molecule has 0 saturated heterocycles. The number of benzene rings is 1. The summed E-state index contributed by atoms with van der Waals surface area (Å²) in [5.74, 6) is -0.104. The maximum Gasteiger partial charge on any atom is 0.254 e. The van der Waals surface area contributed by atoms with Gasteiger partial charge < -0.3 is 10.0 Å². The third-order valence-corrected chi connectivity index (χ3v) is 3.96. The zero-order valence-corrected chi connectivity index (χ0v) is 12.7. The number of hydrogen-bond donors (Lipinski definition) is 1. The van der Waals surface area contributed by atoms with E-state index in [1.807, 2.05) is 19.9 Å². The van der Waals surface area contributed by atoms with Crippen LogP contribution in [-0.2, 0) is 0 Å². The van der Waals surface area contributed by atoms with E-state index in [9.17, 15) is 4.79 Å². The summed E-state index contributed by atoms with van der Waals surface area (Å²) in [7, 11) is 0. The first-order chi connectivity index (χ1) is 7.97. The van der Waals surface area contributed by atoms with Gasteiger partial charge in [-0.25, -0.2) is 0 Å². The Morgan fingerprint density at radius 2 is 2.18 bits per heavy atom. The molecule has 0 atom stereocenters. The lowest BCUT2D eigenvalue weighted by molar-refractivity contribution is 0.0665. The van der Waals surface area contributed by atoms with E-state index in [0.717, 1.165) is 3.57 Å². The predicted octanol–water partition coefficient (Wildman–Crippen LogP) is 2.79. The molecule has 0 bridgehead atoms. The van der Waals surface area contributed by atoms with Crippen molar-refractivity contribution in [2.75, 3.05) is 13.2 Å². The highest BCUT2D eigenvalue weighted by molar-refractivity contribution is 14.1. The van der Waals surface area contributed by atoms with Crippen molar-refractivity contribution in [2.45, 2.75) is 19.9 Å². The van der Waals surface area contributed by atoms with Crippen molar-refractivity contribution in [3.8, 4) is 0 Å². The van der Waals surface area contributed by atoms with Crippen molar-refractivity contribution in [3.63, 3.8) is 0 Å². The highest BCUT2D eigenvalue weighted by Gasteiger charge is 2.18. The molecule has 94 valence electrons. The highest BCUT2D eigenvalue weighted by atomic mass is 127. The number of carbonyl (C=O) groups is 1. The molecule has 1 N–H and O–H groups in total. The Morgan fingerprint density at radius 1 is 1.53 bits per heavy atom. The van der Waals surface area contributed by atoms with Gasteiger partial charge in [0.15, 0.2) is 0 Å². The molecule has 0 heterocycles. The van der Waals surface area contributed by atoms with Gasteiger partial charge in [-0.1, -0.05) is 11.6 Å². The van der Waals surface area contributed by atoms with Gasteiger partial charge in [0.05, 0.1) is 11.6 Å². The zero-order valence-electron chi connectivity index (χ0n) is 9.78. The fourth-order valence-corrected chi connectivity index (χ4v) is 2.01. The molecule has 3 nitrogen and oxygen atoms in total. The average Bonchev–Trinajstić information content (AvgIpc) is 2.28. The molecule has 0 fully saturated rings. The monoisotopic (exact) mass is 367 g/mol. The number of halogens is 2. The van der Waals surface area contributed by atoms with E-state index in [4.69, 9.17) is 16.7 Å². The van der Waals surface area contributed by atoms with Crippen molar-refractivity contribution < 1.29 is 9.90 Å². The second-order valence-corrected chi connectivity index (χ2v) is 5.51.